The number of hydrogen-bond acceptors (Lipinski definition) is 4. The maximum absolute atomic E-state index is 10.6. The lowest BCUT2D eigenvalue weighted by Gasteiger charge is -2.48. The first-order valence-electron chi connectivity index (χ1n) is 7.23. The molecule has 2 aliphatic heterocycles. The first-order valence-corrected chi connectivity index (χ1v) is 7.23. The van der Waals surface area contributed by atoms with Gasteiger partial charge in [0.1, 0.15) is 0 Å². The third-order valence-electron chi connectivity index (χ3n) is 4.84. The first kappa shape index (κ1) is 13.5. The molecule has 20 heavy (non-hydrogen) atoms. The van der Waals surface area contributed by atoms with Gasteiger partial charge < -0.3 is 5.11 Å². The van der Waals surface area contributed by atoms with Gasteiger partial charge in [-0.05, 0) is 31.7 Å². The van der Waals surface area contributed by atoms with E-state index >= 15 is 0 Å². The second kappa shape index (κ2) is 5.14. The van der Waals surface area contributed by atoms with Gasteiger partial charge in [0.15, 0.2) is 0 Å². The van der Waals surface area contributed by atoms with Crippen molar-refractivity contribution in [1.82, 2.24) is 4.90 Å². The van der Waals surface area contributed by atoms with Crippen LogP contribution in [0.25, 0.3) is 0 Å². The molecule has 3 unspecified atom stereocenters. The van der Waals surface area contributed by atoms with Crippen LogP contribution in [0.15, 0.2) is 24.3 Å². The van der Waals surface area contributed by atoms with Crippen molar-refractivity contribution < 1.29 is 10.0 Å². The minimum absolute atomic E-state index is 0.149. The van der Waals surface area contributed by atoms with Crippen LogP contribution in [-0.2, 0) is 6.42 Å². The Morgan fingerprint density at radius 3 is 2.70 bits per heavy atom. The number of aliphatic hydroxyl groups excluding tert-OH is 1. The molecule has 0 bridgehead atoms. The predicted molar refractivity (Wildman–Crippen MR) is 75.5 cm³/mol. The number of benzene rings is 1. The number of nitrogens with zero attached hydrogens (tertiary/aromatic N) is 2. The summed E-state index contributed by atoms with van der Waals surface area (Å²) in [5.74, 6) is 0.428. The highest BCUT2D eigenvalue weighted by molar-refractivity contribution is 5.33. The fourth-order valence-corrected chi connectivity index (χ4v) is 3.66. The topological polar surface area (TPSA) is 66.6 Å². The maximum Gasteiger partial charge on any atom is 0.269 e. The van der Waals surface area contributed by atoms with Crippen LogP contribution < -0.4 is 0 Å². The minimum atomic E-state index is -0.363. The SMILES string of the molecule is C[C@@H](O)C1CN2C(Cc3ccc([N+](=O)[O-])cc3)CCC12. The highest BCUT2D eigenvalue weighted by Crippen LogP contribution is 2.40. The molecule has 0 aliphatic carbocycles. The Balaban J connectivity index is 1.61. The van der Waals surface area contributed by atoms with Gasteiger partial charge in [0.2, 0.25) is 0 Å². The number of fused-ring (bicyclic) bond motifs is 1. The molecule has 0 radical (unpaired) electrons. The monoisotopic (exact) mass is 276 g/mol. The quantitative estimate of drug-likeness (QED) is 0.674. The lowest BCUT2D eigenvalue weighted by Crippen LogP contribution is -2.59. The number of rotatable bonds is 4. The lowest BCUT2D eigenvalue weighted by atomic mass is 9.85. The van der Waals surface area contributed by atoms with Crippen molar-refractivity contribution in [3.63, 3.8) is 0 Å². The fraction of sp³-hybridized carbons (Fsp3) is 0.600. The largest absolute Gasteiger partial charge is 0.393 e. The molecule has 1 aromatic rings. The van der Waals surface area contributed by atoms with Crippen molar-refractivity contribution in [3.8, 4) is 0 Å². The number of non-ortho nitro benzene ring substituents is 1. The minimum Gasteiger partial charge on any atom is -0.393 e. The summed E-state index contributed by atoms with van der Waals surface area (Å²) in [5.41, 5.74) is 1.30. The Bertz CT molecular complexity index is 500. The van der Waals surface area contributed by atoms with E-state index in [9.17, 15) is 15.2 Å². The summed E-state index contributed by atoms with van der Waals surface area (Å²) in [6.45, 7) is 2.87. The molecule has 1 N–H and O–H groups in total. The fourth-order valence-electron chi connectivity index (χ4n) is 3.66. The normalized spacial score (nSPS) is 30.6. The summed E-state index contributed by atoms with van der Waals surface area (Å²) in [6.07, 6.45) is 3.05. The van der Waals surface area contributed by atoms with Gasteiger partial charge in [0, 0.05) is 36.7 Å². The van der Waals surface area contributed by atoms with Gasteiger partial charge in [0.25, 0.3) is 5.69 Å². The van der Waals surface area contributed by atoms with Crippen LogP contribution in [0.5, 0.6) is 0 Å². The zero-order valence-corrected chi connectivity index (χ0v) is 11.6. The van der Waals surface area contributed by atoms with Gasteiger partial charge in [0.05, 0.1) is 11.0 Å². The van der Waals surface area contributed by atoms with E-state index in [4.69, 9.17) is 0 Å². The lowest BCUT2D eigenvalue weighted by molar-refractivity contribution is -0.384. The molecule has 0 saturated carbocycles. The maximum atomic E-state index is 10.6. The van der Waals surface area contributed by atoms with E-state index in [0.717, 1.165) is 31.4 Å². The van der Waals surface area contributed by atoms with E-state index in [2.05, 4.69) is 4.90 Å². The van der Waals surface area contributed by atoms with Crippen molar-refractivity contribution in [3.05, 3.63) is 39.9 Å². The molecule has 2 heterocycles. The molecule has 108 valence electrons. The van der Waals surface area contributed by atoms with Crippen LogP contribution >= 0.6 is 0 Å². The van der Waals surface area contributed by atoms with E-state index in [-0.39, 0.29) is 16.7 Å². The van der Waals surface area contributed by atoms with Crippen LogP contribution in [0.2, 0.25) is 0 Å². The van der Waals surface area contributed by atoms with E-state index in [0.29, 0.717) is 18.0 Å². The number of aliphatic hydroxyl groups is 1. The third kappa shape index (κ3) is 2.31. The standard InChI is InChI=1S/C15H20N2O3/c1-10(18)14-9-16-13(6-7-15(14)16)8-11-2-4-12(5-3-11)17(19)20/h2-5,10,13-15,18H,6-9H2,1H3/t10-,13?,14?,15?/m1/s1. The zero-order valence-electron chi connectivity index (χ0n) is 11.6. The molecule has 3 rings (SSSR count). The summed E-state index contributed by atoms with van der Waals surface area (Å²) >= 11 is 0. The summed E-state index contributed by atoms with van der Waals surface area (Å²) in [4.78, 5) is 12.8. The Kier molecular flexibility index (Phi) is 3.48. The van der Waals surface area contributed by atoms with Gasteiger partial charge in [-0.1, -0.05) is 12.1 Å². The van der Waals surface area contributed by atoms with Gasteiger partial charge >= 0.3 is 0 Å². The van der Waals surface area contributed by atoms with Crippen LogP contribution in [0, 0.1) is 16.0 Å². The number of hydrogen-bond donors (Lipinski definition) is 1. The first-order chi connectivity index (χ1) is 9.56. The van der Waals surface area contributed by atoms with Gasteiger partial charge in [-0.3, -0.25) is 15.0 Å². The highest BCUT2D eigenvalue weighted by Gasteiger charge is 2.48. The second-order valence-electron chi connectivity index (χ2n) is 6.03. The molecule has 5 heteroatoms. The van der Waals surface area contributed by atoms with Gasteiger partial charge in [-0.15, -0.1) is 0 Å². The molecule has 0 amide bonds. The van der Waals surface area contributed by atoms with Crippen molar-refractivity contribution in [2.75, 3.05) is 6.54 Å². The van der Waals surface area contributed by atoms with Gasteiger partial charge in [-0.25, -0.2) is 0 Å². The molecule has 5 nitrogen and oxygen atoms in total. The number of nitro benzene ring substituents is 1. The molecule has 0 aromatic heterocycles. The van der Waals surface area contributed by atoms with Crippen LogP contribution in [0.3, 0.4) is 0 Å². The Morgan fingerprint density at radius 1 is 1.40 bits per heavy atom. The molecular weight excluding hydrogens is 256 g/mol. The average molecular weight is 276 g/mol. The summed E-state index contributed by atoms with van der Waals surface area (Å²) in [7, 11) is 0. The van der Waals surface area contributed by atoms with E-state index < -0.39 is 0 Å². The molecule has 1 aromatic carbocycles. The number of nitro groups is 1. The molecule has 2 fully saturated rings. The highest BCUT2D eigenvalue weighted by atomic mass is 16.6. The Labute approximate surface area is 118 Å². The second-order valence-corrected chi connectivity index (χ2v) is 6.03. The van der Waals surface area contributed by atoms with Crippen molar-refractivity contribution >= 4 is 5.69 Å². The van der Waals surface area contributed by atoms with E-state index in [1.165, 1.54) is 0 Å². The Hall–Kier alpha value is -1.46. The van der Waals surface area contributed by atoms with Crippen molar-refractivity contribution in [2.45, 2.75) is 44.4 Å². The smallest absolute Gasteiger partial charge is 0.269 e. The van der Waals surface area contributed by atoms with Crippen LogP contribution in [0.4, 0.5) is 5.69 Å². The summed E-state index contributed by atoms with van der Waals surface area (Å²) in [6, 6.07) is 7.94. The van der Waals surface area contributed by atoms with Crippen LogP contribution in [-0.4, -0.2) is 39.7 Å². The molecule has 2 saturated heterocycles. The molecular formula is C15H20N2O3. The van der Waals surface area contributed by atoms with Crippen molar-refractivity contribution in [1.29, 1.82) is 0 Å². The van der Waals surface area contributed by atoms with Gasteiger partial charge in [-0.2, -0.15) is 0 Å². The van der Waals surface area contributed by atoms with E-state index in [1.54, 1.807) is 12.1 Å². The zero-order chi connectivity index (χ0) is 14.3. The molecule has 4 atom stereocenters. The van der Waals surface area contributed by atoms with Crippen LogP contribution in [0.1, 0.15) is 25.3 Å². The summed E-state index contributed by atoms with van der Waals surface area (Å²) < 4.78 is 0. The molecule has 0 spiro atoms. The average Bonchev–Trinajstić information content (AvgIpc) is 2.65. The van der Waals surface area contributed by atoms with E-state index in [1.807, 2.05) is 19.1 Å². The molecule has 2 aliphatic rings. The predicted octanol–water partition coefficient (Wildman–Crippen LogP) is 1.98. The third-order valence-corrected chi connectivity index (χ3v) is 4.84. The summed E-state index contributed by atoms with van der Waals surface area (Å²) in [5, 5.41) is 20.3. The van der Waals surface area contributed by atoms with Crippen molar-refractivity contribution in [2.24, 2.45) is 5.92 Å². The Morgan fingerprint density at radius 2 is 2.10 bits per heavy atom.